The van der Waals surface area contributed by atoms with E-state index in [-0.39, 0.29) is 18.3 Å². The molecule has 0 aliphatic carbocycles. The largest absolute Gasteiger partial charge is 0.496 e. The summed E-state index contributed by atoms with van der Waals surface area (Å²) in [5.41, 5.74) is 5.84. The van der Waals surface area contributed by atoms with Gasteiger partial charge in [0, 0.05) is 18.5 Å². The predicted molar refractivity (Wildman–Crippen MR) is 75.1 cm³/mol. The molecule has 18 heavy (non-hydrogen) atoms. The molecule has 0 aliphatic heterocycles. The van der Waals surface area contributed by atoms with Crippen molar-refractivity contribution < 1.29 is 9.53 Å². The van der Waals surface area contributed by atoms with E-state index in [1.165, 1.54) is 0 Å². The van der Waals surface area contributed by atoms with Crippen molar-refractivity contribution in [2.45, 2.75) is 25.8 Å². The second-order valence-corrected chi connectivity index (χ2v) is 4.41. The zero-order valence-electron chi connectivity index (χ0n) is 11.0. The van der Waals surface area contributed by atoms with Gasteiger partial charge in [-0.3, -0.25) is 4.79 Å². The molecule has 0 fully saturated rings. The Morgan fingerprint density at radius 2 is 2.00 bits per heavy atom. The summed E-state index contributed by atoms with van der Waals surface area (Å²) in [6.07, 6.45) is 0.332. The minimum atomic E-state index is -0.473. The van der Waals surface area contributed by atoms with E-state index < -0.39 is 5.54 Å². The first-order chi connectivity index (χ1) is 8.01. The standard InChI is InChI=1S/C13H20N2O2.ClH/c1-13(2,15-12(16)8-9-14)10-6-4-5-7-11(10)17-3;/h4-7H,8-9,14H2,1-3H3,(H,15,16);1H. The van der Waals surface area contributed by atoms with E-state index in [4.69, 9.17) is 10.5 Å². The molecule has 0 aromatic heterocycles. The monoisotopic (exact) mass is 272 g/mol. The fourth-order valence-electron chi connectivity index (χ4n) is 1.77. The number of carbonyl (C=O) groups is 1. The fourth-order valence-corrected chi connectivity index (χ4v) is 1.77. The van der Waals surface area contributed by atoms with Crippen LogP contribution in [0, 0.1) is 0 Å². The average molecular weight is 273 g/mol. The molecule has 0 spiro atoms. The van der Waals surface area contributed by atoms with Crippen molar-refractivity contribution in [3.63, 3.8) is 0 Å². The zero-order chi connectivity index (χ0) is 12.9. The van der Waals surface area contributed by atoms with Gasteiger partial charge in [-0.25, -0.2) is 0 Å². The molecule has 0 heterocycles. The first-order valence-corrected chi connectivity index (χ1v) is 5.66. The van der Waals surface area contributed by atoms with Crippen LogP contribution in [-0.4, -0.2) is 19.6 Å². The number of halogens is 1. The van der Waals surface area contributed by atoms with Gasteiger partial charge in [-0.15, -0.1) is 12.4 Å². The Balaban J connectivity index is 0.00000289. The fraction of sp³-hybridized carbons (Fsp3) is 0.462. The molecule has 1 amide bonds. The summed E-state index contributed by atoms with van der Waals surface area (Å²) in [5.74, 6) is 0.717. The molecule has 4 nitrogen and oxygen atoms in total. The molecular weight excluding hydrogens is 252 g/mol. The predicted octanol–water partition coefficient (Wildman–Crippen LogP) is 1.82. The maximum atomic E-state index is 11.6. The maximum absolute atomic E-state index is 11.6. The van der Waals surface area contributed by atoms with Crippen molar-refractivity contribution in [1.29, 1.82) is 0 Å². The summed E-state index contributed by atoms with van der Waals surface area (Å²) in [7, 11) is 1.62. The minimum Gasteiger partial charge on any atom is -0.496 e. The molecule has 0 atom stereocenters. The van der Waals surface area contributed by atoms with E-state index in [0.717, 1.165) is 11.3 Å². The summed E-state index contributed by atoms with van der Waals surface area (Å²) in [6.45, 7) is 4.24. The van der Waals surface area contributed by atoms with Crippen LogP contribution >= 0.6 is 12.4 Å². The molecular formula is C13H21ClN2O2. The number of benzene rings is 1. The van der Waals surface area contributed by atoms with Crippen LogP contribution in [0.15, 0.2) is 24.3 Å². The average Bonchev–Trinajstić information content (AvgIpc) is 2.28. The SMILES string of the molecule is COc1ccccc1C(C)(C)NC(=O)CCN.Cl. The van der Waals surface area contributed by atoms with Gasteiger partial charge in [0.05, 0.1) is 12.6 Å². The number of methoxy groups -OCH3 is 1. The molecule has 0 saturated heterocycles. The van der Waals surface area contributed by atoms with E-state index in [0.29, 0.717) is 13.0 Å². The van der Waals surface area contributed by atoms with Crippen molar-refractivity contribution in [3.8, 4) is 5.75 Å². The minimum absolute atomic E-state index is 0. The molecule has 5 heteroatoms. The van der Waals surface area contributed by atoms with Gasteiger partial charge in [-0.05, 0) is 19.9 Å². The molecule has 1 aromatic carbocycles. The number of rotatable bonds is 5. The Hall–Kier alpha value is -1.26. The summed E-state index contributed by atoms with van der Waals surface area (Å²) < 4.78 is 5.30. The second-order valence-electron chi connectivity index (χ2n) is 4.41. The van der Waals surface area contributed by atoms with Crippen LogP contribution in [-0.2, 0) is 10.3 Å². The summed E-state index contributed by atoms with van der Waals surface area (Å²) >= 11 is 0. The quantitative estimate of drug-likeness (QED) is 0.859. The maximum Gasteiger partial charge on any atom is 0.221 e. The molecule has 0 bridgehead atoms. The van der Waals surface area contributed by atoms with Crippen molar-refractivity contribution in [1.82, 2.24) is 5.32 Å². The topological polar surface area (TPSA) is 64.3 Å². The van der Waals surface area contributed by atoms with Gasteiger partial charge in [-0.1, -0.05) is 18.2 Å². The smallest absolute Gasteiger partial charge is 0.221 e. The summed E-state index contributed by atoms with van der Waals surface area (Å²) in [4.78, 5) is 11.6. The Morgan fingerprint density at radius 3 is 2.56 bits per heavy atom. The molecule has 1 aromatic rings. The lowest BCUT2D eigenvalue weighted by Crippen LogP contribution is -2.41. The van der Waals surface area contributed by atoms with Crippen molar-refractivity contribution >= 4 is 18.3 Å². The molecule has 0 saturated carbocycles. The van der Waals surface area contributed by atoms with Gasteiger partial charge in [-0.2, -0.15) is 0 Å². The highest BCUT2D eigenvalue weighted by Crippen LogP contribution is 2.29. The third-order valence-corrected chi connectivity index (χ3v) is 2.60. The van der Waals surface area contributed by atoms with Crippen LogP contribution in [0.25, 0.3) is 0 Å². The van der Waals surface area contributed by atoms with Crippen LogP contribution in [0.2, 0.25) is 0 Å². The Morgan fingerprint density at radius 1 is 1.39 bits per heavy atom. The number of para-hydroxylation sites is 1. The van der Waals surface area contributed by atoms with Gasteiger partial charge in [0.1, 0.15) is 5.75 Å². The highest BCUT2D eigenvalue weighted by atomic mass is 35.5. The van der Waals surface area contributed by atoms with Gasteiger partial charge in [0.15, 0.2) is 0 Å². The molecule has 102 valence electrons. The highest BCUT2D eigenvalue weighted by Gasteiger charge is 2.25. The number of amides is 1. The lowest BCUT2D eigenvalue weighted by Gasteiger charge is -2.28. The molecule has 0 radical (unpaired) electrons. The van der Waals surface area contributed by atoms with Crippen LogP contribution in [0.3, 0.4) is 0 Å². The normalized spacial score (nSPS) is 10.4. The number of hydrogen-bond acceptors (Lipinski definition) is 3. The lowest BCUT2D eigenvalue weighted by atomic mass is 9.93. The first kappa shape index (κ1) is 16.7. The lowest BCUT2D eigenvalue weighted by molar-refractivity contribution is -0.122. The van der Waals surface area contributed by atoms with Crippen LogP contribution in [0.4, 0.5) is 0 Å². The molecule has 3 N–H and O–H groups in total. The van der Waals surface area contributed by atoms with Crippen LogP contribution in [0.5, 0.6) is 5.75 Å². The van der Waals surface area contributed by atoms with Gasteiger partial charge in [0.2, 0.25) is 5.91 Å². The van der Waals surface area contributed by atoms with Gasteiger partial charge in [0.25, 0.3) is 0 Å². The van der Waals surface area contributed by atoms with E-state index in [9.17, 15) is 4.79 Å². The third kappa shape index (κ3) is 4.20. The Bertz CT molecular complexity index is 394. The third-order valence-electron chi connectivity index (χ3n) is 2.60. The molecule has 0 aliphatic rings. The summed E-state index contributed by atoms with van der Waals surface area (Å²) in [5, 5.41) is 2.95. The van der Waals surface area contributed by atoms with E-state index >= 15 is 0 Å². The van der Waals surface area contributed by atoms with Crippen molar-refractivity contribution in [2.75, 3.05) is 13.7 Å². The van der Waals surface area contributed by atoms with E-state index in [1.54, 1.807) is 7.11 Å². The molecule has 0 unspecified atom stereocenters. The van der Waals surface area contributed by atoms with Crippen molar-refractivity contribution in [2.24, 2.45) is 5.73 Å². The van der Waals surface area contributed by atoms with Crippen LogP contribution in [0.1, 0.15) is 25.8 Å². The number of nitrogens with two attached hydrogens (primary N) is 1. The number of ether oxygens (including phenoxy) is 1. The summed E-state index contributed by atoms with van der Waals surface area (Å²) in [6, 6.07) is 7.66. The number of nitrogens with one attached hydrogen (secondary N) is 1. The zero-order valence-corrected chi connectivity index (χ0v) is 11.8. The van der Waals surface area contributed by atoms with Crippen LogP contribution < -0.4 is 15.8 Å². The van der Waals surface area contributed by atoms with Gasteiger partial charge >= 0.3 is 0 Å². The second kappa shape index (κ2) is 7.24. The van der Waals surface area contributed by atoms with Gasteiger partial charge < -0.3 is 15.8 Å². The number of hydrogen-bond donors (Lipinski definition) is 2. The Kier molecular flexibility index (Phi) is 6.73. The van der Waals surface area contributed by atoms with E-state index in [2.05, 4.69) is 5.32 Å². The molecule has 1 rings (SSSR count). The first-order valence-electron chi connectivity index (χ1n) is 5.66. The van der Waals surface area contributed by atoms with E-state index in [1.807, 2.05) is 38.1 Å². The highest BCUT2D eigenvalue weighted by molar-refractivity contribution is 5.85. The Labute approximate surface area is 114 Å². The number of carbonyl (C=O) groups excluding carboxylic acids is 1. The van der Waals surface area contributed by atoms with Crippen molar-refractivity contribution in [3.05, 3.63) is 29.8 Å².